The van der Waals surface area contributed by atoms with Crippen LogP contribution < -0.4 is 5.73 Å². The molecule has 0 amide bonds. The van der Waals surface area contributed by atoms with Crippen LogP contribution in [0.25, 0.3) is 0 Å². The van der Waals surface area contributed by atoms with Crippen molar-refractivity contribution in [2.75, 3.05) is 19.8 Å². The van der Waals surface area contributed by atoms with Crippen LogP contribution >= 0.6 is 0 Å². The molecule has 1 aliphatic carbocycles. The minimum absolute atomic E-state index is 0.358. The van der Waals surface area contributed by atoms with Crippen LogP contribution in [0.4, 0.5) is 4.39 Å². The second-order valence-corrected chi connectivity index (χ2v) is 4.33. The van der Waals surface area contributed by atoms with Crippen molar-refractivity contribution in [3.63, 3.8) is 0 Å². The molecule has 0 aromatic heterocycles. The number of hydrogen-bond donors (Lipinski definition) is 1. The van der Waals surface area contributed by atoms with E-state index in [1.165, 1.54) is 0 Å². The molecule has 1 saturated heterocycles. The molecule has 0 aromatic rings. The van der Waals surface area contributed by atoms with Crippen molar-refractivity contribution in [2.45, 2.75) is 43.6 Å². The first-order valence-electron chi connectivity index (χ1n) is 5.35. The molecule has 2 fully saturated rings. The predicted molar refractivity (Wildman–Crippen MR) is 50.6 cm³/mol. The molecule has 1 aliphatic heterocycles. The van der Waals surface area contributed by atoms with Crippen LogP contribution in [0.1, 0.15) is 32.1 Å². The molecule has 0 radical (unpaired) electrons. The summed E-state index contributed by atoms with van der Waals surface area (Å²) >= 11 is 0. The van der Waals surface area contributed by atoms with E-state index in [4.69, 9.17) is 15.2 Å². The maximum atomic E-state index is 14.2. The molecule has 2 rings (SSSR count). The van der Waals surface area contributed by atoms with Gasteiger partial charge in [0, 0.05) is 12.8 Å². The van der Waals surface area contributed by atoms with Crippen LogP contribution in [-0.2, 0) is 9.47 Å². The monoisotopic (exact) mass is 203 g/mol. The second kappa shape index (κ2) is 3.76. The summed E-state index contributed by atoms with van der Waals surface area (Å²) in [5.41, 5.74) is 4.24. The van der Waals surface area contributed by atoms with E-state index in [-0.39, 0.29) is 0 Å². The van der Waals surface area contributed by atoms with Crippen LogP contribution in [0.3, 0.4) is 0 Å². The fraction of sp³-hybridized carbons (Fsp3) is 1.00. The summed E-state index contributed by atoms with van der Waals surface area (Å²) in [5, 5.41) is 0. The summed E-state index contributed by atoms with van der Waals surface area (Å²) in [6.45, 7) is 1.59. The van der Waals surface area contributed by atoms with Gasteiger partial charge < -0.3 is 15.2 Å². The molecule has 14 heavy (non-hydrogen) atoms. The molecule has 0 aromatic carbocycles. The van der Waals surface area contributed by atoms with Gasteiger partial charge >= 0.3 is 0 Å². The highest BCUT2D eigenvalue weighted by Gasteiger charge is 2.48. The first-order valence-corrected chi connectivity index (χ1v) is 5.35. The summed E-state index contributed by atoms with van der Waals surface area (Å²) in [5.74, 6) is -0.623. The molecule has 3 nitrogen and oxygen atoms in total. The molecule has 2 N–H and O–H groups in total. The van der Waals surface area contributed by atoms with E-state index in [0.29, 0.717) is 39.0 Å². The average molecular weight is 203 g/mol. The zero-order chi connectivity index (χ0) is 10.1. The molecule has 1 heterocycles. The Morgan fingerprint density at radius 3 is 2.57 bits per heavy atom. The van der Waals surface area contributed by atoms with Gasteiger partial charge in [-0.25, -0.2) is 4.39 Å². The number of hydrogen-bond acceptors (Lipinski definition) is 3. The number of nitrogens with two attached hydrogens (primary N) is 1. The molecular weight excluding hydrogens is 185 g/mol. The highest BCUT2D eigenvalue weighted by molar-refractivity contribution is 4.93. The molecule has 1 atom stereocenters. The molecule has 1 unspecified atom stereocenters. The van der Waals surface area contributed by atoms with Gasteiger partial charge in [-0.05, 0) is 25.8 Å². The van der Waals surface area contributed by atoms with Crippen molar-refractivity contribution >= 4 is 0 Å². The lowest BCUT2D eigenvalue weighted by molar-refractivity contribution is -0.205. The van der Waals surface area contributed by atoms with Gasteiger partial charge in [0.1, 0.15) is 5.67 Å². The van der Waals surface area contributed by atoms with Crippen LogP contribution in [0.5, 0.6) is 0 Å². The lowest BCUT2D eigenvalue weighted by Gasteiger charge is -2.40. The standard InChI is InChI=1S/C10H18FNO2/c11-9(4-5-12)2-1-3-10(8-9)13-6-7-14-10/h1-8,12H2. The summed E-state index contributed by atoms with van der Waals surface area (Å²) in [7, 11) is 0. The Hall–Kier alpha value is -0.190. The minimum atomic E-state index is -1.17. The van der Waals surface area contributed by atoms with Crippen molar-refractivity contribution in [3.05, 3.63) is 0 Å². The van der Waals surface area contributed by atoms with Crippen molar-refractivity contribution in [3.8, 4) is 0 Å². The van der Waals surface area contributed by atoms with Crippen molar-refractivity contribution in [2.24, 2.45) is 5.73 Å². The zero-order valence-corrected chi connectivity index (χ0v) is 8.43. The molecule has 2 aliphatic rings. The molecule has 82 valence electrons. The second-order valence-electron chi connectivity index (χ2n) is 4.33. The first kappa shape index (κ1) is 10.3. The summed E-state index contributed by atoms with van der Waals surface area (Å²) in [6.07, 6.45) is 3.02. The van der Waals surface area contributed by atoms with Gasteiger partial charge in [0.25, 0.3) is 0 Å². The van der Waals surface area contributed by atoms with E-state index in [9.17, 15) is 4.39 Å². The highest BCUT2D eigenvalue weighted by Crippen LogP contribution is 2.44. The lowest BCUT2D eigenvalue weighted by Crippen LogP contribution is -2.44. The topological polar surface area (TPSA) is 44.5 Å². The predicted octanol–water partition coefficient (Wildman–Crippen LogP) is 1.36. The highest BCUT2D eigenvalue weighted by atomic mass is 19.1. The molecule has 4 heteroatoms. The zero-order valence-electron chi connectivity index (χ0n) is 8.43. The number of rotatable bonds is 2. The smallest absolute Gasteiger partial charge is 0.171 e. The Labute approximate surface area is 83.7 Å². The average Bonchev–Trinajstić information content (AvgIpc) is 2.52. The van der Waals surface area contributed by atoms with Crippen molar-refractivity contribution in [1.82, 2.24) is 0 Å². The Balaban J connectivity index is 2.02. The summed E-state index contributed by atoms with van der Waals surface area (Å²) < 4.78 is 25.3. The lowest BCUT2D eigenvalue weighted by atomic mass is 9.80. The van der Waals surface area contributed by atoms with Crippen molar-refractivity contribution < 1.29 is 13.9 Å². The van der Waals surface area contributed by atoms with E-state index < -0.39 is 11.5 Å². The van der Waals surface area contributed by atoms with Gasteiger partial charge in [0.2, 0.25) is 0 Å². The molecule has 1 saturated carbocycles. The fourth-order valence-corrected chi connectivity index (χ4v) is 2.55. The number of ether oxygens (including phenoxy) is 2. The minimum Gasteiger partial charge on any atom is -0.347 e. The van der Waals surface area contributed by atoms with E-state index >= 15 is 0 Å². The van der Waals surface area contributed by atoms with Gasteiger partial charge in [0.05, 0.1) is 13.2 Å². The van der Waals surface area contributed by atoms with E-state index in [0.717, 1.165) is 12.8 Å². The van der Waals surface area contributed by atoms with Gasteiger partial charge in [0.15, 0.2) is 5.79 Å². The SMILES string of the molecule is NCCC1(F)CCCC2(C1)OCCO2. The quantitative estimate of drug-likeness (QED) is 0.737. The largest absolute Gasteiger partial charge is 0.347 e. The van der Waals surface area contributed by atoms with Crippen LogP contribution in [0.15, 0.2) is 0 Å². The van der Waals surface area contributed by atoms with Gasteiger partial charge in [-0.3, -0.25) is 0 Å². The molecule has 0 bridgehead atoms. The van der Waals surface area contributed by atoms with Gasteiger partial charge in [-0.15, -0.1) is 0 Å². The first-order chi connectivity index (χ1) is 6.68. The Kier molecular flexibility index (Phi) is 2.77. The van der Waals surface area contributed by atoms with Gasteiger partial charge in [-0.1, -0.05) is 0 Å². The van der Waals surface area contributed by atoms with E-state index in [1.807, 2.05) is 0 Å². The third-order valence-corrected chi connectivity index (χ3v) is 3.17. The van der Waals surface area contributed by atoms with E-state index in [2.05, 4.69) is 0 Å². The molecule has 1 spiro atoms. The third-order valence-electron chi connectivity index (χ3n) is 3.17. The Bertz CT molecular complexity index is 202. The maximum Gasteiger partial charge on any atom is 0.171 e. The Morgan fingerprint density at radius 1 is 1.21 bits per heavy atom. The fourth-order valence-electron chi connectivity index (χ4n) is 2.55. The number of alkyl halides is 1. The van der Waals surface area contributed by atoms with Gasteiger partial charge in [-0.2, -0.15) is 0 Å². The van der Waals surface area contributed by atoms with Crippen molar-refractivity contribution in [1.29, 1.82) is 0 Å². The third kappa shape index (κ3) is 1.92. The van der Waals surface area contributed by atoms with Crippen LogP contribution in [-0.4, -0.2) is 31.2 Å². The molecular formula is C10H18FNO2. The number of halogens is 1. The van der Waals surface area contributed by atoms with Crippen LogP contribution in [0, 0.1) is 0 Å². The summed E-state index contributed by atoms with van der Waals surface area (Å²) in [6, 6.07) is 0. The van der Waals surface area contributed by atoms with Crippen LogP contribution in [0.2, 0.25) is 0 Å². The maximum absolute atomic E-state index is 14.2. The normalized spacial score (nSPS) is 36.4. The Morgan fingerprint density at radius 2 is 1.93 bits per heavy atom. The van der Waals surface area contributed by atoms with E-state index in [1.54, 1.807) is 0 Å². The summed E-state index contributed by atoms with van der Waals surface area (Å²) in [4.78, 5) is 0.